The molecule has 0 aliphatic rings. The van der Waals surface area contributed by atoms with Crippen LogP contribution in [0, 0.1) is 0 Å². The highest BCUT2D eigenvalue weighted by molar-refractivity contribution is 5.53. The van der Waals surface area contributed by atoms with E-state index in [1.165, 1.54) is 44.2 Å². The summed E-state index contributed by atoms with van der Waals surface area (Å²) in [5.74, 6) is -0.923. The second-order valence-corrected chi connectivity index (χ2v) is 4.78. The average Bonchev–Trinajstić information content (AvgIpc) is 2.39. The van der Waals surface area contributed by atoms with E-state index in [9.17, 15) is 15.3 Å². The number of aryl methyl sites for hydroxylation is 1. The lowest BCUT2D eigenvalue weighted by atomic mass is 10.0. The van der Waals surface area contributed by atoms with Gasteiger partial charge in [-0.15, -0.1) is 0 Å². The molecule has 0 aliphatic carbocycles. The summed E-state index contributed by atoms with van der Waals surface area (Å²) in [6.45, 7) is 2.20. The number of hydrogen-bond acceptors (Lipinski definition) is 4. The molecule has 0 fully saturated rings. The smallest absolute Gasteiger partial charge is 0.503 e. The van der Waals surface area contributed by atoms with Gasteiger partial charge in [-0.2, -0.15) is 0 Å². The summed E-state index contributed by atoms with van der Waals surface area (Å²) < 4.78 is 0. The van der Waals surface area contributed by atoms with Gasteiger partial charge in [0.25, 0.3) is 0 Å². The van der Waals surface area contributed by atoms with Gasteiger partial charge < -0.3 is 25.5 Å². The third-order valence-corrected chi connectivity index (χ3v) is 2.95. The van der Waals surface area contributed by atoms with Crippen LogP contribution in [0.4, 0.5) is 4.79 Å². The third kappa shape index (κ3) is 9.43. The van der Waals surface area contributed by atoms with E-state index in [2.05, 4.69) is 6.92 Å². The van der Waals surface area contributed by atoms with E-state index >= 15 is 0 Å². The Kier molecular flexibility index (Phi) is 9.58. The molecule has 0 bridgehead atoms. The van der Waals surface area contributed by atoms with E-state index < -0.39 is 11.9 Å². The molecule has 1 aromatic carbocycles. The van der Waals surface area contributed by atoms with Gasteiger partial charge in [-0.05, 0) is 30.5 Å². The molecule has 0 radical (unpaired) electrons. The van der Waals surface area contributed by atoms with Crippen LogP contribution in [-0.2, 0) is 6.42 Å². The minimum Gasteiger partial charge on any atom is -0.504 e. The van der Waals surface area contributed by atoms with Crippen LogP contribution in [0.25, 0.3) is 0 Å². The summed E-state index contributed by atoms with van der Waals surface area (Å²) in [5, 5.41) is 41.8. The minimum atomic E-state index is -1.83. The van der Waals surface area contributed by atoms with E-state index in [1.54, 1.807) is 0 Å². The van der Waals surface area contributed by atoms with E-state index in [0.29, 0.717) is 0 Å². The van der Waals surface area contributed by atoms with E-state index in [0.717, 1.165) is 18.4 Å². The molecule has 0 spiro atoms. The van der Waals surface area contributed by atoms with E-state index in [4.69, 9.17) is 15.0 Å². The third-order valence-electron chi connectivity index (χ3n) is 2.95. The number of phenolic OH excluding ortho intramolecular Hbond substituents is 3. The summed E-state index contributed by atoms with van der Waals surface area (Å²) in [6, 6.07) is 3.03. The first-order valence-electron chi connectivity index (χ1n) is 7.04. The highest BCUT2D eigenvalue weighted by Gasteiger charge is 2.07. The Balaban J connectivity index is 0.000000885. The fourth-order valence-electron chi connectivity index (χ4n) is 1.91. The molecule has 0 heterocycles. The molecule has 1 rings (SSSR count). The fraction of sp³-hybridized carbons (Fsp3) is 0.533. The lowest BCUT2D eigenvalue weighted by molar-refractivity contribution is 0.137. The molecule has 6 heteroatoms. The van der Waals surface area contributed by atoms with Gasteiger partial charge in [-0.1, -0.05) is 39.0 Å². The van der Waals surface area contributed by atoms with Crippen LogP contribution in [0.2, 0.25) is 0 Å². The molecule has 0 unspecified atom stereocenters. The maximum Gasteiger partial charge on any atom is 0.503 e. The second-order valence-electron chi connectivity index (χ2n) is 4.78. The van der Waals surface area contributed by atoms with Crippen molar-refractivity contribution < 1.29 is 30.3 Å². The van der Waals surface area contributed by atoms with Gasteiger partial charge >= 0.3 is 6.16 Å². The van der Waals surface area contributed by atoms with Crippen LogP contribution < -0.4 is 0 Å². The molecular weight excluding hydrogens is 276 g/mol. The molecule has 0 saturated heterocycles. The largest absolute Gasteiger partial charge is 0.504 e. The van der Waals surface area contributed by atoms with Crippen LogP contribution in [0.1, 0.15) is 51.0 Å². The number of unbranched alkanes of at least 4 members (excludes halogenated alkanes) is 5. The average molecular weight is 300 g/mol. The number of carboxylic acid groups (broad SMARTS) is 2. The number of phenols is 3. The second kappa shape index (κ2) is 10.7. The molecule has 21 heavy (non-hydrogen) atoms. The van der Waals surface area contributed by atoms with E-state index in [1.807, 2.05) is 0 Å². The molecule has 6 nitrogen and oxygen atoms in total. The molecule has 1 aromatic rings. The quantitative estimate of drug-likeness (QED) is 0.384. The molecule has 120 valence electrons. The lowest BCUT2D eigenvalue weighted by Crippen LogP contribution is -1.87. The van der Waals surface area contributed by atoms with Gasteiger partial charge in [0.15, 0.2) is 17.2 Å². The maximum atomic E-state index is 9.34. The Morgan fingerprint density at radius 3 is 1.81 bits per heavy atom. The minimum absolute atomic E-state index is 0.244. The highest BCUT2D eigenvalue weighted by atomic mass is 16.6. The van der Waals surface area contributed by atoms with Gasteiger partial charge in [-0.3, -0.25) is 0 Å². The summed E-state index contributed by atoms with van der Waals surface area (Å²) in [4.78, 5) is 8.56. The Bertz CT molecular complexity index is 403. The van der Waals surface area contributed by atoms with Crippen molar-refractivity contribution in [3.63, 3.8) is 0 Å². The molecule has 0 atom stereocenters. The Hall–Kier alpha value is -2.11. The van der Waals surface area contributed by atoms with Gasteiger partial charge in [0.05, 0.1) is 0 Å². The zero-order chi connectivity index (χ0) is 16.3. The van der Waals surface area contributed by atoms with Crippen molar-refractivity contribution in [1.29, 1.82) is 0 Å². The van der Waals surface area contributed by atoms with Gasteiger partial charge in [0.1, 0.15) is 0 Å². The summed E-state index contributed by atoms with van der Waals surface area (Å²) in [6.07, 6.45) is 6.27. The fourth-order valence-corrected chi connectivity index (χ4v) is 1.91. The van der Waals surface area contributed by atoms with Crippen LogP contribution in [0.5, 0.6) is 17.2 Å². The standard InChI is InChI=1S/C14H22O3.CH2O3/c1-2-3-4-5-6-7-8-11-9-12(15)14(17)13(16)10-11;2-1(3)4/h9-10,15-17H,2-8H2,1H3;(H2,2,3,4). The molecule has 0 saturated carbocycles. The first-order valence-corrected chi connectivity index (χ1v) is 7.04. The Morgan fingerprint density at radius 1 is 0.905 bits per heavy atom. The van der Waals surface area contributed by atoms with Gasteiger partial charge in [0.2, 0.25) is 0 Å². The van der Waals surface area contributed by atoms with Crippen molar-refractivity contribution in [2.75, 3.05) is 0 Å². The van der Waals surface area contributed by atoms with Crippen molar-refractivity contribution in [2.45, 2.75) is 51.9 Å². The first-order chi connectivity index (χ1) is 9.88. The van der Waals surface area contributed by atoms with Crippen molar-refractivity contribution in [2.24, 2.45) is 0 Å². The number of carbonyl (C=O) groups is 1. The summed E-state index contributed by atoms with van der Waals surface area (Å²) >= 11 is 0. The van der Waals surface area contributed by atoms with Gasteiger partial charge in [0, 0.05) is 0 Å². The number of benzene rings is 1. The SMILES string of the molecule is CCCCCCCCc1cc(O)c(O)c(O)c1.O=C(O)O. The molecule has 0 aliphatic heterocycles. The Morgan fingerprint density at radius 2 is 1.33 bits per heavy atom. The van der Waals surface area contributed by atoms with Crippen LogP contribution >= 0.6 is 0 Å². The molecular formula is C15H24O6. The van der Waals surface area contributed by atoms with E-state index in [-0.39, 0.29) is 11.5 Å². The van der Waals surface area contributed by atoms with Crippen molar-refractivity contribution >= 4 is 6.16 Å². The maximum absolute atomic E-state index is 9.34. The van der Waals surface area contributed by atoms with Crippen molar-refractivity contribution in [1.82, 2.24) is 0 Å². The number of hydrogen-bond donors (Lipinski definition) is 5. The number of aromatic hydroxyl groups is 3. The zero-order valence-electron chi connectivity index (χ0n) is 12.2. The summed E-state index contributed by atoms with van der Waals surface area (Å²) in [5.41, 5.74) is 0.869. The summed E-state index contributed by atoms with van der Waals surface area (Å²) in [7, 11) is 0. The monoisotopic (exact) mass is 300 g/mol. The topological polar surface area (TPSA) is 118 Å². The molecule has 0 aromatic heterocycles. The Labute approximate surface area is 124 Å². The lowest BCUT2D eigenvalue weighted by Gasteiger charge is -2.06. The van der Waals surface area contributed by atoms with Crippen LogP contribution in [0.15, 0.2) is 12.1 Å². The van der Waals surface area contributed by atoms with Crippen molar-refractivity contribution in [3.05, 3.63) is 17.7 Å². The van der Waals surface area contributed by atoms with Gasteiger partial charge in [-0.25, -0.2) is 4.79 Å². The highest BCUT2D eigenvalue weighted by Crippen LogP contribution is 2.35. The first kappa shape index (κ1) is 18.9. The van der Waals surface area contributed by atoms with Crippen LogP contribution in [0.3, 0.4) is 0 Å². The molecule has 0 amide bonds. The predicted octanol–water partition coefficient (Wildman–Crippen LogP) is 3.93. The number of rotatable bonds is 7. The van der Waals surface area contributed by atoms with Crippen molar-refractivity contribution in [3.8, 4) is 17.2 Å². The zero-order valence-corrected chi connectivity index (χ0v) is 12.2. The normalized spacial score (nSPS) is 9.76. The van der Waals surface area contributed by atoms with Crippen LogP contribution in [-0.4, -0.2) is 31.7 Å². The molecule has 5 N–H and O–H groups in total. The predicted molar refractivity (Wildman–Crippen MR) is 79.2 cm³/mol.